The second-order valence-electron chi connectivity index (χ2n) is 7.61. The van der Waals surface area contributed by atoms with Gasteiger partial charge in [-0.1, -0.05) is 35.4 Å². The van der Waals surface area contributed by atoms with Gasteiger partial charge in [0.1, 0.15) is 0 Å². The molecule has 5 nitrogen and oxygen atoms in total. The summed E-state index contributed by atoms with van der Waals surface area (Å²) in [5.41, 5.74) is 4.66. The SMILES string of the molecule is Cc1cccc(-c2nnc([C@@H](C)[NH+]3CCN(c4cc(Cl)ccc4C)CC3)o2)c1. The van der Waals surface area contributed by atoms with Crippen LogP contribution in [0.3, 0.4) is 0 Å². The Bertz CT molecular complexity index is 963. The van der Waals surface area contributed by atoms with E-state index in [1.54, 1.807) is 0 Å². The van der Waals surface area contributed by atoms with Crippen molar-refractivity contribution >= 4 is 17.3 Å². The second-order valence-corrected chi connectivity index (χ2v) is 8.05. The first-order valence-electron chi connectivity index (χ1n) is 9.77. The largest absolute Gasteiger partial charge is 0.415 e. The molecule has 1 N–H and O–H groups in total. The standard InChI is InChI=1S/C22H25ClN4O/c1-15-5-4-6-18(13-15)22-25-24-21(28-22)17(3)26-9-11-27(12-10-26)20-14-19(23)8-7-16(20)2/h4-8,13-14,17H,9-12H2,1-3H3/p+1/t17-/m1/s1. The molecule has 2 aromatic carbocycles. The Morgan fingerprint density at radius 1 is 1.07 bits per heavy atom. The zero-order valence-corrected chi connectivity index (χ0v) is 17.3. The Kier molecular flexibility index (Phi) is 5.38. The van der Waals surface area contributed by atoms with Crippen molar-refractivity contribution in [3.63, 3.8) is 0 Å². The van der Waals surface area contributed by atoms with Crippen LogP contribution in [0.1, 0.15) is 30.0 Å². The highest BCUT2D eigenvalue weighted by molar-refractivity contribution is 6.30. The van der Waals surface area contributed by atoms with E-state index in [1.807, 2.05) is 18.2 Å². The smallest absolute Gasteiger partial charge is 0.274 e. The number of quaternary nitrogens is 1. The Labute approximate surface area is 170 Å². The molecule has 1 fully saturated rings. The van der Waals surface area contributed by atoms with Crippen LogP contribution in [0.15, 0.2) is 46.9 Å². The molecule has 6 heteroatoms. The van der Waals surface area contributed by atoms with Crippen molar-refractivity contribution in [2.24, 2.45) is 0 Å². The summed E-state index contributed by atoms with van der Waals surface area (Å²) in [7, 11) is 0. The number of rotatable bonds is 4. The average molecular weight is 398 g/mol. The molecule has 146 valence electrons. The third kappa shape index (κ3) is 3.91. The van der Waals surface area contributed by atoms with E-state index in [0.717, 1.165) is 36.8 Å². The summed E-state index contributed by atoms with van der Waals surface area (Å²) in [4.78, 5) is 3.89. The molecule has 4 rings (SSSR count). The van der Waals surface area contributed by atoms with Crippen LogP contribution in [0.25, 0.3) is 11.5 Å². The lowest BCUT2D eigenvalue weighted by molar-refractivity contribution is -0.931. The van der Waals surface area contributed by atoms with E-state index in [9.17, 15) is 0 Å². The highest BCUT2D eigenvalue weighted by atomic mass is 35.5. The summed E-state index contributed by atoms with van der Waals surface area (Å²) in [5, 5.41) is 9.39. The van der Waals surface area contributed by atoms with Gasteiger partial charge in [-0.05, 0) is 50.6 Å². The lowest BCUT2D eigenvalue weighted by atomic mass is 10.1. The van der Waals surface area contributed by atoms with E-state index in [1.165, 1.54) is 21.7 Å². The van der Waals surface area contributed by atoms with Gasteiger partial charge in [0.15, 0.2) is 6.04 Å². The average Bonchev–Trinajstić information content (AvgIpc) is 3.20. The fraction of sp³-hybridized carbons (Fsp3) is 0.364. The van der Waals surface area contributed by atoms with Crippen LogP contribution in [0.4, 0.5) is 5.69 Å². The number of piperazine rings is 1. The highest BCUT2D eigenvalue weighted by Crippen LogP contribution is 2.25. The monoisotopic (exact) mass is 397 g/mol. The number of benzene rings is 2. The quantitative estimate of drug-likeness (QED) is 0.732. The summed E-state index contributed by atoms with van der Waals surface area (Å²) in [5.74, 6) is 1.30. The fourth-order valence-corrected chi connectivity index (χ4v) is 4.04. The predicted molar refractivity (Wildman–Crippen MR) is 112 cm³/mol. The van der Waals surface area contributed by atoms with Crippen LogP contribution < -0.4 is 9.80 Å². The lowest BCUT2D eigenvalue weighted by Gasteiger charge is -2.36. The van der Waals surface area contributed by atoms with Gasteiger partial charge in [-0.2, -0.15) is 0 Å². The van der Waals surface area contributed by atoms with Crippen LogP contribution in [-0.2, 0) is 0 Å². The molecule has 1 aliphatic heterocycles. The molecular formula is C22H26ClN4O+. The molecule has 28 heavy (non-hydrogen) atoms. The minimum atomic E-state index is 0.175. The Morgan fingerprint density at radius 2 is 1.86 bits per heavy atom. The Morgan fingerprint density at radius 3 is 2.61 bits per heavy atom. The van der Waals surface area contributed by atoms with Gasteiger partial charge in [-0.3, -0.25) is 0 Å². The number of aromatic nitrogens is 2. The molecule has 0 unspecified atom stereocenters. The molecule has 1 aromatic heterocycles. The van der Waals surface area contributed by atoms with Crippen molar-refractivity contribution in [2.45, 2.75) is 26.8 Å². The van der Waals surface area contributed by atoms with E-state index >= 15 is 0 Å². The van der Waals surface area contributed by atoms with Crippen LogP contribution in [0, 0.1) is 13.8 Å². The highest BCUT2D eigenvalue weighted by Gasteiger charge is 2.29. The maximum Gasteiger partial charge on any atom is 0.274 e. The second kappa shape index (κ2) is 7.94. The number of anilines is 1. The van der Waals surface area contributed by atoms with Gasteiger partial charge in [-0.25, -0.2) is 0 Å². The van der Waals surface area contributed by atoms with Gasteiger partial charge >= 0.3 is 0 Å². The summed E-state index contributed by atoms with van der Waals surface area (Å²) < 4.78 is 6.01. The first-order valence-corrected chi connectivity index (χ1v) is 10.1. The molecule has 0 spiro atoms. The van der Waals surface area contributed by atoms with Crippen LogP contribution in [0.5, 0.6) is 0 Å². The molecule has 1 saturated heterocycles. The minimum absolute atomic E-state index is 0.175. The Balaban J connectivity index is 1.43. The Hall–Kier alpha value is -2.37. The van der Waals surface area contributed by atoms with Gasteiger partial charge < -0.3 is 14.2 Å². The number of hydrogen-bond acceptors (Lipinski definition) is 4. The molecule has 0 radical (unpaired) electrons. The van der Waals surface area contributed by atoms with E-state index < -0.39 is 0 Å². The molecule has 1 aliphatic rings. The zero-order valence-electron chi connectivity index (χ0n) is 16.6. The van der Waals surface area contributed by atoms with Crippen LogP contribution in [0.2, 0.25) is 5.02 Å². The summed E-state index contributed by atoms with van der Waals surface area (Å²) >= 11 is 6.20. The molecule has 1 atom stereocenters. The number of aryl methyl sites for hydroxylation is 2. The van der Waals surface area contributed by atoms with Crippen molar-refractivity contribution in [1.82, 2.24) is 10.2 Å². The van der Waals surface area contributed by atoms with Crippen molar-refractivity contribution in [3.05, 3.63) is 64.5 Å². The predicted octanol–water partition coefficient (Wildman–Crippen LogP) is 3.47. The van der Waals surface area contributed by atoms with Gasteiger partial charge in [-0.15, -0.1) is 10.2 Å². The van der Waals surface area contributed by atoms with Crippen molar-refractivity contribution in [1.29, 1.82) is 0 Å². The molecule has 2 heterocycles. The van der Waals surface area contributed by atoms with Gasteiger partial charge in [0, 0.05) is 16.3 Å². The zero-order chi connectivity index (χ0) is 19.7. The van der Waals surface area contributed by atoms with Crippen molar-refractivity contribution in [2.75, 3.05) is 31.1 Å². The van der Waals surface area contributed by atoms with E-state index in [4.69, 9.17) is 16.0 Å². The fourth-order valence-electron chi connectivity index (χ4n) is 3.87. The van der Waals surface area contributed by atoms with E-state index in [0.29, 0.717) is 11.8 Å². The van der Waals surface area contributed by atoms with Crippen LogP contribution >= 0.6 is 11.6 Å². The third-order valence-electron chi connectivity index (χ3n) is 5.61. The molecule has 0 aliphatic carbocycles. The summed E-state index contributed by atoms with van der Waals surface area (Å²) in [6.45, 7) is 10.4. The molecular weight excluding hydrogens is 372 g/mol. The van der Waals surface area contributed by atoms with Crippen molar-refractivity contribution < 1.29 is 9.32 Å². The molecule has 0 amide bonds. The summed E-state index contributed by atoms with van der Waals surface area (Å²) in [6.07, 6.45) is 0. The first kappa shape index (κ1) is 19.0. The number of hydrogen-bond donors (Lipinski definition) is 1. The number of nitrogens with zero attached hydrogens (tertiary/aromatic N) is 3. The molecule has 0 bridgehead atoms. The third-order valence-corrected chi connectivity index (χ3v) is 5.84. The maximum absolute atomic E-state index is 6.20. The van der Waals surface area contributed by atoms with Crippen LogP contribution in [-0.4, -0.2) is 36.4 Å². The first-order chi connectivity index (χ1) is 13.5. The van der Waals surface area contributed by atoms with E-state index in [2.05, 4.69) is 60.1 Å². The normalized spacial score (nSPS) is 16.4. The number of halogens is 1. The lowest BCUT2D eigenvalue weighted by Crippen LogP contribution is -3.14. The van der Waals surface area contributed by atoms with Gasteiger partial charge in [0.2, 0.25) is 5.89 Å². The maximum atomic E-state index is 6.20. The van der Waals surface area contributed by atoms with E-state index in [-0.39, 0.29) is 6.04 Å². The van der Waals surface area contributed by atoms with Gasteiger partial charge in [0.05, 0.1) is 26.2 Å². The van der Waals surface area contributed by atoms with Gasteiger partial charge in [0.25, 0.3) is 5.89 Å². The topological polar surface area (TPSA) is 46.6 Å². The number of nitrogens with one attached hydrogen (secondary N) is 1. The van der Waals surface area contributed by atoms with Crippen molar-refractivity contribution in [3.8, 4) is 11.5 Å². The molecule has 0 saturated carbocycles. The summed E-state index contributed by atoms with van der Waals surface area (Å²) in [6, 6.07) is 14.4. The molecule has 3 aromatic rings. The minimum Gasteiger partial charge on any atom is -0.415 e.